The summed E-state index contributed by atoms with van der Waals surface area (Å²) >= 11 is 0. The second kappa shape index (κ2) is 5.57. The fourth-order valence-corrected chi connectivity index (χ4v) is 2.84. The molecule has 1 aromatic rings. The molecule has 0 aliphatic heterocycles. The Labute approximate surface area is 113 Å². The molecule has 0 atom stereocenters. The van der Waals surface area contributed by atoms with E-state index in [1.54, 1.807) is 0 Å². The van der Waals surface area contributed by atoms with Gasteiger partial charge in [0.2, 0.25) is 20.0 Å². The van der Waals surface area contributed by atoms with E-state index in [1.165, 1.54) is 45.3 Å². The number of hydrogen-bond donors (Lipinski definition) is 0. The first-order chi connectivity index (χ1) is 8.57. The molecule has 0 radical (unpaired) electrons. The molecule has 0 aliphatic rings. The third-order valence-corrected chi connectivity index (χ3v) is 6.10. The van der Waals surface area contributed by atoms with Gasteiger partial charge in [0.1, 0.15) is 4.90 Å². The summed E-state index contributed by atoms with van der Waals surface area (Å²) in [5.74, 6) is -0.136. The third-order valence-electron chi connectivity index (χ3n) is 2.52. The van der Waals surface area contributed by atoms with Crippen molar-refractivity contribution in [3.8, 4) is 0 Å². The normalized spacial score (nSPS) is 13.4. The zero-order valence-corrected chi connectivity index (χ0v) is 12.9. The number of aryl methyl sites for hydroxylation is 1. The van der Waals surface area contributed by atoms with Gasteiger partial charge in [0.05, 0.1) is 18.5 Å². The average Bonchev–Trinajstić information content (AvgIpc) is 2.75. The highest BCUT2D eigenvalue weighted by Crippen LogP contribution is 2.11. The van der Waals surface area contributed by atoms with E-state index in [4.69, 9.17) is 0 Å². The van der Waals surface area contributed by atoms with E-state index in [9.17, 15) is 16.8 Å². The van der Waals surface area contributed by atoms with Gasteiger partial charge in [-0.3, -0.25) is 4.68 Å². The van der Waals surface area contributed by atoms with Crippen LogP contribution in [0.15, 0.2) is 17.3 Å². The Hall–Kier alpha value is -0.970. The number of nitrogens with zero attached hydrogens (tertiary/aromatic N) is 4. The van der Waals surface area contributed by atoms with Crippen LogP contribution in [0.5, 0.6) is 0 Å². The zero-order valence-electron chi connectivity index (χ0n) is 11.3. The second-order valence-electron chi connectivity index (χ2n) is 4.32. The van der Waals surface area contributed by atoms with Crippen molar-refractivity contribution in [2.24, 2.45) is 0 Å². The Bertz CT molecular complexity index is 631. The maximum atomic E-state index is 11.8. The first kappa shape index (κ1) is 16.1. The SMILES string of the molecule is CN(C)S(=O)(=O)CCn1cc(S(=O)(=O)N(C)C)cn1. The summed E-state index contributed by atoms with van der Waals surface area (Å²) in [6, 6.07) is 0. The molecule has 8 nitrogen and oxygen atoms in total. The fourth-order valence-electron chi connectivity index (χ4n) is 1.20. The van der Waals surface area contributed by atoms with Gasteiger partial charge in [-0.1, -0.05) is 0 Å². The van der Waals surface area contributed by atoms with E-state index in [0.717, 1.165) is 8.61 Å². The lowest BCUT2D eigenvalue weighted by Crippen LogP contribution is -2.27. The van der Waals surface area contributed by atoms with E-state index in [1.807, 2.05) is 0 Å². The highest BCUT2D eigenvalue weighted by Gasteiger charge is 2.20. The molecule has 19 heavy (non-hydrogen) atoms. The predicted molar refractivity (Wildman–Crippen MR) is 70.6 cm³/mol. The summed E-state index contributed by atoms with van der Waals surface area (Å²) in [6.45, 7) is 0.101. The topological polar surface area (TPSA) is 92.6 Å². The van der Waals surface area contributed by atoms with Crippen LogP contribution in [0.3, 0.4) is 0 Å². The number of hydrogen-bond acceptors (Lipinski definition) is 5. The van der Waals surface area contributed by atoms with E-state index in [0.29, 0.717) is 0 Å². The lowest BCUT2D eigenvalue weighted by molar-refractivity contribution is 0.511. The van der Waals surface area contributed by atoms with Crippen molar-refractivity contribution in [2.45, 2.75) is 11.4 Å². The fraction of sp³-hybridized carbons (Fsp3) is 0.667. The molecule has 10 heteroatoms. The Kier molecular flexibility index (Phi) is 4.72. The Morgan fingerprint density at radius 1 is 1.11 bits per heavy atom. The molecule has 1 heterocycles. The van der Waals surface area contributed by atoms with Crippen LogP contribution in [0, 0.1) is 0 Å². The van der Waals surface area contributed by atoms with Crippen LogP contribution in [0.1, 0.15) is 0 Å². The van der Waals surface area contributed by atoms with E-state index in [-0.39, 0.29) is 17.2 Å². The minimum atomic E-state index is -3.54. The highest BCUT2D eigenvalue weighted by molar-refractivity contribution is 7.89. The monoisotopic (exact) mass is 310 g/mol. The van der Waals surface area contributed by atoms with Crippen molar-refractivity contribution < 1.29 is 16.8 Å². The van der Waals surface area contributed by atoms with Gasteiger partial charge in [-0.2, -0.15) is 5.10 Å². The molecular weight excluding hydrogens is 292 g/mol. The summed E-state index contributed by atoms with van der Waals surface area (Å²) in [6.07, 6.45) is 2.53. The molecule has 0 N–H and O–H groups in total. The molecular formula is C9H18N4O4S2. The molecule has 0 bridgehead atoms. The Morgan fingerprint density at radius 3 is 2.16 bits per heavy atom. The highest BCUT2D eigenvalue weighted by atomic mass is 32.2. The van der Waals surface area contributed by atoms with Crippen LogP contribution < -0.4 is 0 Å². The molecule has 0 spiro atoms. The third kappa shape index (κ3) is 3.75. The van der Waals surface area contributed by atoms with Gasteiger partial charge in [0.25, 0.3) is 0 Å². The van der Waals surface area contributed by atoms with E-state index >= 15 is 0 Å². The molecule has 1 aromatic heterocycles. The second-order valence-corrected chi connectivity index (χ2v) is 8.78. The van der Waals surface area contributed by atoms with Crippen LogP contribution in [-0.2, 0) is 26.6 Å². The number of aromatic nitrogens is 2. The maximum Gasteiger partial charge on any atom is 0.245 e. The molecule has 0 fully saturated rings. The predicted octanol–water partition coefficient (Wildman–Crippen LogP) is -0.975. The molecule has 0 saturated heterocycles. The first-order valence-electron chi connectivity index (χ1n) is 5.42. The van der Waals surface area contributed by atoms with E-state index < -0.39 is 20.0 Å². The van der Waals surface area contributed by atoms with Crippen molar-refractivity contribution in [2.75, 3.05) is 33.9 Å². The molecule has 0 saturated carbocycles. The van der Waals surface area contributed by atoms with E-state index in [2.05, 4.69) is 5.10 Å². The zero-order chi connectivity index (χ0) is 14.8. The minimum absolute atomic E-state index is 0.0414. The van der Waals surface area contributed by atoms with Crippen LogP contribution in [-0.4, -0.2) is 69.2 Å². The van der Waals surface area contributed by atoms with Gasteiger partial charge in [0.15, 0.2) is 0 Å². The summed E-state index contributed by atoms with van der Waals surface area (Å²) < 4.78 is 50.2. The van der Waals surface area contributed by atoms with Crippen molar-refractivity contribution in [1.29, 1.82) is 0 Å². The van der Waals surface area contributed by atoms with Gasteiger partial charge in [-0.15, -0.1) is 0 Å². The summed E-state index contributed by atoms with van der Waals surface area (Å²) in [4.78, 5) is 0.0414. The standard InChI is InChI=1S/C9H18N4O4S2/c1-11(2)18(14,15)6-5-13-8-9(7-10-13)19(16,17)12(3)4/h7-8H,5-6H2,1-4H3. The smallest absolute Gasteiger partial charge is 0.245 e. The van der Waals surface area contributed by atoms with Crippen LogP contribution in [0.4, 0.5) is 0 Å². The summed E-state index contributed by atoms with van der Waals surface area (Å²) in [7, 11) is -1.13. The summed E-state index contributed by atoms with van der Waals surface area (Å²) in [5, 5.41) is 3.86. The molecule has 0 aromatic carbocycles. The molecule has 0 unspecified atom stereocenters. The molecule has 0 amide bonds. The van der Waals surface area contributed by atoms with Gasteiger partial charge >= 0.3 is 0 Å². The van der Waals surface area contributed by atoms with Gasteiger partial charge in [-0.25, -0.2) is 25.4 Å². The van der Waals surface area contributed by atoms with Crippen LogP contribution >= 0.6 is 0 Å². The van der Waals surface area contributed by atoms with Crippen molar-refractivity contribution in [1.82, 2.24) is 18.4 Å². The van der Waals surface area contributed by atoms with Gasteiger partial charge < -0.3 is 0 Å². The van der Waals surface area contributed by atoms with Crippen molar-refractivity contribution in [3.63, 3.8) is 0 Å². The minimum Gasteiger partial charge on any atom is -0.270 e. The molecule has 110 valence electrons. The molecule has 0 aliphatic carbocycles. The lowest BCUT2D eigenvalue weighted by atomic mass is 10.7. The summed E-state index contributed by atoms with van der Waals surface area (Å²) in [5.41, 5.74) is 0. The number of sulfonamides is 2. The quantitative estimate of drug-likeness (QED) is 0.674. The lowest BCUT2D eigenvalue weighted by Gasteiger charge is -2.11. The maximum absolute atomic E-state index is 11.8. The van der Waals surface area contributed by atoms with Crippen LogP contribution in [0.2, 0.25) is 0 Å². The largest absolute Gasteiger partial charge is 0.270 e. The Balaban J connectivity index is 2.83. The number of rotatable bonds is 6. The molecule has 1 rings (SSSR count). The van der Waals surface area contributed by atoms with Crippen molar-refractivity contribution >= 4 is 20.0 Å². The van der Waals surface area contributed by atoms with Gasteiger partial charge in [-0.05, 0) is 0 Å². The van der Waals surface area contributed by atoms with Crippen LogP contribution in [0.25, 0.3) is 0 Å². The van der Waals surface area contributed by atoms with Gasteiger partial charge in [0, 0.05) is 34.4 Å². The average molecular weight is 310 g/mol. The Morgan fingerprint density at radius 2 is 1.68 bits per heavy atom. The van der Waals surface area contributed by atoms with Crippen molar-refractivity contribution in [3.05, 3.63) is 12.4 Å². The first-order valence-corrected chi connectivity index (χ1v) is 8.47.